The van der Waals surface area contributed by atoms with E-state index in [1.165, 1.54) is 38.8 Å². The lowest BCUT2D eigenvalue weighted by Gasteiger charge is -2.27. The molecule has 0 unspecified atom stereocenters. The lowest BCUT2D eigenvalue weighted by Crippen LogP contribution is -2.41. The first-order valence-corrected chi connectivity index (χ1v) is 5.29. The van der Waals surface area contributed by atoms with Gasteiger partial charge in [-0.15, -0.1) is 0 Å². The Morgan fingerprint density at radius 1 is 1.17 bits per heavy atom. The van der Waals surface area contributed by atoms with Crippen LogP contribution in [0.3, 0.4) is 0 Å². The molecular formula is C11H23N. The summed E-state index contributed by atoms with van der Waals surface area (Å²) in [7, 11) is 0. The van der Waals surface area contributed by atoms with Crippen LogP contribution in [0.2, 0.25) is 0 Å². The summed E-state index contributed by atoms with van der Waals surface area (Å²) in [4.78, 5) is 0. The first kappa shape index (κ1) is 10.0. The molecule has 0 atom stereocenters. The SMILES string of the molecule is CC(C)(C)CCCCC1CNC1. The topological polar surface area (TPSA) is 12.0 Å². The molecule has 0 aromatic rings. The second kappa shape index (κ2) is 4.27. The smallest absolute Gasteiger partial charge is 0.000826 e. The predicted molar refractivity (Wildman–Crippen MR) is 54.3 cm³/mol. The second-order valence-electron chi connectivity index (χ2n) is 5.33. The molecule has 1 fully saturated rings. The standard InChI is InChI=1S/C11H23N/c1-11(2,3)7-5-4-6-10-8-12-9-10/h10,12H,4-9H2,1-3H3. The molecule has 0 saturated carbocycles. The summed E-state index contributed by atoms with van der Waals surface area (Å²) < 4.78 is 0. The molecule has 1 aliphatic rings. The van der Waals surface area contributed by atoms with Crippen LogP contribution in [-0.2, 0) is 0 Å². The molecule has 0 radical (unpaired) electrons. The highest BCUT2D eigenvalue weighted by Gasteiger charge is 2.16. The van der Waals surface area contributed by atoms with Crippen LogP contribution >= 0.6 is 0 Å². The number of nitrogens with one attached hydrogen (secondary N) is 1. The van der Waals surface area contributed by atoms with Gasteiger partial charge in [0.25, 0.3) is 0 Å². The highest BCUT2D eigenvalue weighted by atomic mass is 14.9. The van der Waals surface area contributed by atoms with Gasteiger partial charge in [0.15, 0.2) is 0 Å². The van der Waals surface area contributed by atoms with Gasteiger partial charge < -0.3 is 5.32 Å². The van der Waals surface area contributed by atoms with E-state index in [1.54, 1.807) is 0 Å². The molecule has 0 amide bonds. The molecule has 0 aromatic heterocycles. The molecule has 1 N–H and O–H groups in total. The second-order valence-corrected chi connectivity index (χ2v) is 5.33. The third kappa shape index (κ3) is 4.10. The Balaban J connectivity index is 1.88. The van der Waals surface area contributed by atoms with Gasteiger partial charge in [0.2, 0.25) is 0 Å². The Morgan fingerprint density at radius 2 is 1.83 bits per heavy atom. The Labute approximate surface area is 76.9 Å². The van der Waals surface area contributed by atoms with E-state index in [1.807, 2.05) is 0 Å². The van der Waals surface area contributed by atoms with Crippen LogP contribution in [0.5, 0.6) is 0 Å². The predicted octanol–water partition coefficient (Wildman–Crippen LogP) is 2.81. The highest BCUT2D eigenvalue weighted by Crippen LogP contribution is 2.23. The van der Waals surface area contributed by atoms with Gasteiger partial charge in [0.1, 0.15) is 0 Å². The summed E-state index contributed by atoms with van der Waals surface area (Å²) in [5, 5.41) is 3.32. The molecule has 0 aliphatic carbocycles. The lowest BCUT2D eigenvalue weighted by atomic mass is 9.88. The highest BCUT2D eigenvalue weighted by molar-refractivity contribution is 4.74. The van der Waals surface area contributed by atoms with E-state index in [2.05, 4.69) is 26.1 Å². The van der Waals surface area contributed by atoms with Gasteiger partial charge in [-0.25, -0.2) is 0 Å². The van der Waals surface area contributed by atoms with Gasteiger partial charge >= 0.3 is 0 Å². The first-order chi connectivity index (χ1) is 5.58. The number of rotatable bonds is 4. The maximum absolute atomic E-state index is 3.32. The Hall–Kier alpha value is -0.0400. The van der Waals surface area contributed by atoms with Crippen LogP contribution in [0.4, 0.5) is 0 Å². The van der Waals surface area contributed by atoms with E-state index < -0.39 is 0 Å². The van der Waals surface area contributed by atoms with Crippen LogP contribution in [0.1, 0.15) is 46.5 Å². The van der Waals surface area contributed by atoms with E-state index in [0.29, 0.717) is 5.41 Å². The maximum atomic E-state index is 3.32. The van der Waals surface area contributed by atoms with Crippen LogP contribution in [0.25, 0.3) is 0 Å². The van der Waals surface area contributed by atoms with Crippen LogP contribution in [0.15, 0.2) is 0 Å². The third-order valence-electron chi connectivity index (χ3n) is 2.66. The Kier molecular flexibility index (Phi) is 3.57. The quantitative estimate of drug-likeness (QED) is 0.638. The maximum Gasteiger partial charge on any atom is -0.000826 e. The monoisotopic (exact) mass is 169 g/mol. The van der Waals surface area contributed by atoms with Gasteiger partial charge in [-0.05, 0) is 37.3 Å². The zero-order valence-corrected chi connectivity index (χ0v) is 8.82. The van der Waals surface area contributed by atoms with E-state index >= 15 is 0 Å². The summed E-state index contributed by atoms with van der Waals surface area (Å²) in [6.45, 7) is 9.54. The molecule has 72 valence electrons. The van der Waals surface area contributed by atoms with Crippen molar-refractivity contribution in [1.29, 1.82) is 0 Å². The number of hydrogen-bond donors (Lipinski definition) is 1. The number of hydrogen-bond acceptors (Lipinski definition) is 1. The summed E-state index contributed by atoms with van der Waals surface area (Å²) >= 11 is 0. The van der Waals surface area contributed by atoms with Crippen molar-refractivity contribution in [1.82, 2.24) is 5.32 Å². The van der Waals surface area contributed by atoms with E-state index in [9.17, 15) is 0 Å². The average Bonchev–Trinajstić information content (AvgIpc) is 1.80. The largest absolute Gasteiger partial charge is 0.316 e. The van der Waals surface area contributed by atoms with Crippen molar-refractivity contribution in [2.24, 2.45) is 11.3 Å². The van der Waals surface area contributed by atoms with Crippen molar-refractivity contribution in [2.75, 3.05) is 13.1 Å². The lowest BCUT2D eigenvalue weighted by molar-refractivity contribution is 0.299. The number of unbranched alkanes of at least 4 members (excludes halogenated alkanes) is 1. The normalized spacial score (nSPS) is 19.2. The van der Waals surface area contributed by atoms with Crippen LogP contribution < -0.4 is 5.32 Å². The molecule has 1 rings (SSSR count). The summed E-state index contributed by atoms with van der Waals surface area (Å²) in [6.07, 6.45) is 5.68. The van der Waals surface area contributed by atoms with Gasteiger partial charge in [0, 0.05) is 0 Å². The Bertz CT molecular complexity index is 119. The van der Waals surface area contributed by atoms with Crippen molar-refractivity contribution in [3.63, 3.8) is 0 Å². The fraction of sp³-hybridized carbons (Fsp3) is 1.00. The van der Waals surface area contributed by atoms with Crippen molar-refractivity contribution >= 4 is 0 Å². The Morgan fingerprint density at radius 3 is 2.25 bits per heavy atom. The van der Waals surface area contributed by atoms with Crippen LogP contribution in [0, 0.1) is 11.3 Å². The van der Waals surface area contributed by atoms with Gasteiger partial charge in [-0.3, -0.25) is 0 Å². The fourth-order valence-corrected chi connectivity index (χ4v) is 1.64. The summed E-state index contributed by atoms with van der Waals surface area (Å²) in [5.41, 5.74) is 0.540. The van der Waals surface area contributed by atoms with Gasteiger partial charge in [-0.2, -0.15) is 0 Å². The minimum Gasteiger partial charge on any atom is -0.316 e. The first-order valence-electron chi connectivity index (χ1n) is 5.29. The fourth-order valence-electron chi connectivity index (χ4n) is 1.64. The van der Waals surface area contributed by atoms with Gasteiger partial charge in [-0.1, -0.05) is 33.6 Å². The van der Waals surface area contributed by atoms with Gasteiger partial charge in [0.05, 0.1) is 0 Å². The third-order valence-corrected chi connectivity index (χ3v) is 2.66. The minimum atomic E-state index is 0.540. The van der Waals surface area contributed by atoms with E-state index in [0.717, 1.165) is 5.92 Å². The zero-order valence-electron chi connectivity index (χ0n) is 8.82. The van der Waals surface area contributed by atoms with Crippen molar-refractivity contribution in [3.8, 4) is 0 Å². The van der Waals surface area contributed by atoms with Crippen LogP contribution in [-0.4, -0.2) is 13.1 Å². The molecular weight excluding hydrogens is 146 g/mol. The molecule has 1 heteroatoms. The van der Waals surface area contributed by atoms with E-state index in [4.69, 9.17) is 0 Å². The molecule has 1 saturated heterocycles. The molecule has 1 aliphatic heterocycles. The minimum absolute atomic E-state index is 0.540. The van der Waals surface area contributed by atoms with Crippen molar-refractivity contribution in [2.45, 2.75) is 46.5 Å². The molecule has 0 aromatic carbocycles. The molecule has 0 bridgehead atoms. The molecule has 0 spiro atoms. The zero-order chi connectivity index (χ0) is 9.03. The summed E-state index contributed by atoms with van der Waals surface area (Å²) in [5.74, 6) is 1.00. The van der Waals surface area contributed by atoms with Crippen molar-refractivity contribution < 1.29 is 0 Å². The molecule has 1 heterocycles. The molecule has 12 heavy (non-hydrogen) atoms. The van der Waals surface area contributed by atoms with E-state index in [-0.39, 0.29) is 0 Å². The average molecular weight is 169 g/mol. The van der Waals surface area contributed by atoms with Crippen molar-refractivity contribution in [3.05, 3.63) is 0 Å². The molecule has 1 nitrogen and oxygen atoms in total. The summed E-state index contributed by atoms with van der Waals surface area (Å²) in [6, 6.07) is 0.